The van der Waals surface area contributed by atoms with Crippen molar-refractivity contribution in [3.63, 3.8) is 0 Å². The molecule has 0 aliphatic carbocycles. The Labute approximate surface area is 92.9 Å². The minimum Gasteiger partial charge on any atom is -0.444 e. The molecule has 0 aromatic heterocycles. The quantitative estimate of drug-likeness (QED) is 0.822. The number of rotatable bonds is 3. The van der Waals surface area contributed by atoms with Crippen LogP contribution in [0.3, 0.4) is 0 Å². The molecular weight excluding hydrogens is 206 g/mol. The Hall–Kier alpha value is -1.65. The molecule has 2 aliphatic rings. The van der Waals surface area contributed by atoms with E-state index in [-0.39, 0.29) is 6.23 Å². The van der Waals surface area contributed by atoms with Crippen LogP contribution in [0.1, 0.15) is 17.4 Å². The normalized spacial score (nSPS) is 23.1. The number of carbonyl (C=O) groups excluding carboxylic acids is 1. The van der Waals surface area contributed by atoms with Crippen LogP contribution in [0.5, 0.6) is 0 Å². The molecule has 1 N–H and O–H groups in total. The number of nitrogens with one attached hydrogen (secondary N) is 1. The Balaban J connectivity index is 1.98. The van der Waals surface area contributed by atoms with Gasteiger partial charge in [0.2, 0.25) is 5.76 Å². The predicted octanol–water partition coefficient (Wildman–Crippen LogP) is 1.11. The van der Waals surface area contributed by atoms with Crippen molar-refractivity contribution in [2.24, 2.45) is 0 Å². The molecule has 1 unspecified atom stereocenters. The van der Waals surface area contributed by atoms with Gasteiger partial charge in [-0.1, -0.05) is 24.3 Å². The summed E-state index contributed by atoms with van der Waals surface area (Å²) in [6.45, 7) is 1.54. The summed E-state index contributed by atoms with van der Waals surface area (Å²) in [6, 6.07) is 7.73. The standard InChI is InChI=1S/C12H10NO3/c14-7-10-11(16-10)8-3-1-2-4-9(8)12-13-5-6-15-12/h1-4,12-13H,5-6H2. The van der Waals surface area contributed by atoms with Crippen LogP contribution in [-0.4, -0.2) is 19.4 Å². The van der Waals surface area contributed by atoms with Gasteiger partial charge in [-0.15, -0.1) is 0 Å². The highest BCUT2D eigenvalue weighted by Crippen LogP contribution is 2.38. The Kier molecular flexibility index (Phi) is 2.23. The largest absolute Gasteiger partial charge is 0.444 e. The van der Waals surface area contributed by atoms with E-state index in [0.717, 1.165) is 17.7 Å². The zero-order valence-electron chi connectivity index (χ0n) is 8.53. The third kappa shape index (κ3) is 1.52. The summed E-state index contributed by atoms with van der Waals surface area (Å²) in [7, 11) is 0. The maximum absolute atomic E-state index is 10.4. The summed E-state index contributed by atoms with van der Waals surface area (Å²) in [6.07, 6.45) is 1.64. The average molecular weight is 216 g/mol. The third-order valence-electron chi connectivity index (χ3n) is 2.67. The minimum atomic E-state index is -0.110. The molecule has 1 saturated heterocycles. The van der Waals surface area contributed by atoms with E-state index < -0.39 is 0 Å². The molecule has 1 aromatic rings. The average Bonchev–Trinajstić information content (AvgIpc) is 2.93. The van der Waals surface area contributed by atoms with Gasteiger partial charge in [-0.3, -0.25) is 10.1 Å². The van der Waals surface area contributed by atoms with Crippen LogP contribution in [0.2, 0.25) is 0 Å². The Morgan fingerprint density at radius 1 is 1.38 bits per heavy atom. The van der Waals surface area contributed by atoms with Crippen LogP contribution in [0.25, 0.3) is 5.76 Å². The molecule has 0 amide bonds. The fourth-order valence-corrected chi connectivity index (χ4v) is 1.88. The Morgan fingerprint density at radius 3 is 2.94 bits per heavy atom. The zero-order chi connectivity index (χ0) is 11.0. The zero-order valence-corrected chi connectivity index (χ0v) is 8.53. The highest BCUT2D eigenvalue weighted by molar-refractivity contribution is 5.93. The number of hydrogen-bond donors (Lipinski definition) is 1. The number of benzene rings is 1. The van der Waals surface area contributed by atoms with Crippen LogP contribution < -0.4 is 5.32 Å². The van der Waals surface area contributed by atoms with Crippen molar-refractivity contribution in [3.8, 4) is 0 Å². The second-order valence-corrected chi connectivity index (χ2v) is 3.65. The molecular formula is C12H10NO3. The molecule has 4 nitrogen and oxygen atoms in total. The van der Waals surface area contributed by atoms with E-state index in [1.807, 2.05) is 24.3 Å². The second kappa shape index (κ2) is 3.73. The molecule has 1 fully saturated rings. The van der Waals surface area contributed by atoms with Crippen molar-refractivity contribution >= 4 is 12.0 Å². The van der Waals surface area contributed by atoms with E-state index in [9.17, 15) is 4.79 Å². The highest BCUT2D eigenvalue weighted by Gasteiger charge is 2.31. The molecule has 1 radical (unpaired) electrons. The van der Waals surface area contributed by atoms with Crippen molar-refractivity contribution in [2.45, 2.75) is 6.23 Å². The van der Waals surface area contributed by atoms with E-state index >= 15 is 0 Å². The molecule has 3 rings (SSSR count). The first-order valence-corrected chi connectivity index (χ1v) is 5.15. The van der Waals surface area contributed by atoms with Gasteiger partial charge >= 0.3 is 0 Å². The van der Waals surface area contributed by atoms with Crippen molar-refractivity contribution in [1.82, 2.24) is 5.32 Å². The van der Waals surface area contributed by atoms with E-state index in [1.54, 1.807) is 6.29 Å². The molecule has 2 heterocycles. The summed E-state index contributed by atoms with van der Waals surface area (Å²) in [5.74, 6) is 0.911. The molecule has 81 valence electrons. The van der Waals surface area contributed by atoms with Crippen molar-refractivity contribution in [3.05, 3.63) is 41.2 Å². The SMILES string of the molecule is O=[C]C1=C(c2ccccc2C2NCCO2)O1. The lowest BCUT2D eigenvalue weighted by atomic mass is 10.1. The van der Waals surface area contributed by atoms with Gasteiger partial charge in [-0.25, -0.2) is 0 Å². The summed E-state index contributed by atoms with van der Waals surface area (Å²) < 4.78 is 10.6. The van der Waals surface area contributed by atoms with Crippen molar-refractivity contribution in [2.75, 3.05) is 13.2 Å². The van der Waals surface area contributed by atoms with Gasteiger partial charge in [0.05, 0.1) is 6.61 Å². The van der Waals surface area contributed by atoms with E-state index in [2.05, 4.69) is 5.32 Å². The lowest BCUT2D eigenvalue weighted by Crippen LogP contribution is -2.15. The number of hydrogen-bond acceptors (Lipinski definition) is 4. The predicted molar refractivity (Wildman–Crippen MR) is 56.8 cm³/mol. The molecule has 0 saturated carbocycles. The van der Waals surface area contributed by atoms with Gasteiger partial charge in [-0.2, -0.15) is 0 Å². The molecule has 4 heteroatoms. The number of allylic oxidation sites excluding steroid dienone is 1. The van der Waals surface area contributed by atoms with Gasteiger partial charge < -0.3 is 9.47 Å². The van der Waals surface area contributed by atoms with Gasteiger partial charge in [0.1, 0.15) is 6.23 Å². The first-order chi connectivity index (χ1) is 7.90. The van der Waals surface area contributed by atoms with Crippen LogP contribution in [0.4, 0.5) is 0 Å². The molecule has 0 bridgehead atoms. The number of ether oxygens (including phenoxy) is 2. The lowest BCUT2D eigenvalue weighted by Gasteiger charge is -2.12. The van der Waals surface area contributed by atoms with Crippen molar-refractivity contribution < 1.29 is 14.3 Å². The topological polar surface area (TPSA) is 50.9 Å². The Morgan fingerprint density at radius 2 is 2.25 bits per heavy atom. The highest BCUT2D eigenvalue weighted by atomic mass is 16.6. The first kappa shape index (κ1) is 9.57. The summed E-state index contributed by atoms with van der Waals surface area (Å²) in [5.41, 5.74) is 1.90. The van der Waals surface area contributed by atoms with Crippen molar-refractivity contribution in [1.29, 1.82) is 0 Å². The van der Waals surface area contributed by atoms with Crippen LogP contribution >= 0.6 is 0 Å². The van der Waals surface area contributed by atoms with Gasteiger partial charge in [0, 0.05) is 17.7 Å². The fourth-order valence-electron chi connectivity index (χ4n) is 1.88. The van der Waals surface area contributed by atoms with Gasteiger partial charge in [-0.05, 0) is 0 Å². The van der Waals surface area contributed by atoms with E-state index in [4.69, 9.17) is 9.47 Å². The smallest absolute Gasteiger partial charge is 0.276 e. The van der Waals surface area contributed by atoms with E-state index in [1.165, 1.54) is 0 Å². The second-order valence-electron chi connectivity index (χ2n) is 3.65. The van der Waals surface area contributed by atoms with Gasteiger partial charge in [0.25, 0.3) is 6.29 Å². The molecule has 1 aromatic carbocycles. The fraction of sp³-hybridized carbons (Fsp3) is 0.250. The lowest BCUT2D eigenvalue weighted by molar-refractivity contribution is 0.102. The monoisotopic (exact) mass is 216 g/mol. The molecule has 0 spiro atoms. The van der Waals surface area contributed by atoms with Gasteiger partial charge in [0.15, 0.2) is 5.76 Å². The first-order valence-electron chi connectivity index (χ1n) is 5.15. The third-order valence-corrected chi connectivity index (χ3v) is 2.67. The summed E-state index contributed by atoms with van der Waals surface area (Å²) >= 11 is 0. The minimum absolute atomic E-state index is 0.110. The van der Waals surface area contributed by atoms with Crippen LogP contribution in [0.15, 0.2) is 30.0 Å². The molecule has 2 aliphatic heterocycles. The summed E-state index contributed by atoms with van der Waals surface area (Å²) in [4.78, 5) is 10.4. The maximum atomic E-state index is 10.4. The summed E-state index contributed by atoms with van der Waals surface area (Å²) in [5, 5.41) is 3.23. The molecule has 1 atom stereocenters. The molecule has 16 heavy (non-hydrogen) atoms. The van der Waals surface area contributed by atoms with E-state index in [0.29, 0.717) is 18.1 Å². The van der Waals surface area contributed by atoms with Crippen LogP contribution in [-0.2, 0) is 14.3 Å². The maximum Gasteiger partial charge on any atom is 0.276 e. The van der Waals surface area contributed by atoms with Crippen LogP contribution in [0, 0.1) is 0 Å². The Bertz CT molecular complexity index is 461.